The maximum Gasteiger partial charge on any atom is 0.0885 e. The fourth-order valence-corrected chi connectivity index (χ4v) is 2.17. The molecule has 0 amide bonds. The minimum atomic E-state index is 0. The Labute approximate surface area is 110 Å². The summed E-state index contributed by atoms with van der Waals surface area (Å²) in [5.74, 6) is 0. The first-order chi connectivity index (χ1) is 7.93. The SMILES string of the molecule is [Ir].[c-]1ccc2occc3cn4ccnc4c1c32. The van der Waals surface area contributed by atoms with Gasteiger partial charge >= 0.3 is 0 Å². The third-order valence-electron chi connectivity index (χ3n) is 2.86. The fourth-order valence-electron chi connectivity index (χ4n) is 2.17. The molecule has 0 fully saturated rings. The van der Waals surface area contributed by atoms with Crippen molar-refractivity contribution in [2.45, 2.75) is 0 Å². The minimum Gasteiger partial charge on any atom is -0.484 e. The van der Waals surface area contributed by atoms with Crippen molar-refractivity contribution in [3.05, 3.63) is 49.1 Å². The molecule has 1 aromatic carbocycles. The largest absolute Gasteiger partial charge is 0.484 e. The van der Waals surface area contributed by atoms with Crippen LogP contribution in [0.15, 0.2) is 47.5 Å². The molecule has 0 aliphatic heterocycles. The molecule has 4 heteroatoms. The Bertz CT molecular complexity index is 811. The van der Waals surface area contributed by atoms with E-state index >= 15 is 0 Å². The molecule has 3 heterocycles. The summed E-state index contributed by atoms with van der Waals surface area (Å²) >= 11 is 0. The van der Waals surface area contributed by atoms with E-state index in [1.54, 1.807) is 12.5 Å². The van der Waals surface area contributed by atoms with Gasteiger partial charge in [0.2, 0.25) is 0 Å². The summed E-state index contributed by atoms with van der Waals surface area (Å²) in [6, 6.07) is 8.99. The molecule has 4 aromatic rings. The average molecular weight is 399 g/mol. The summed E-state index contributed by atoms with van der Waals surface area (Å²) in [4.78, 5) is 4.34. The van der Waals surface area contributed by atoms with Gasteiger partial charge in [0.1, 0.15) is 0 Å². The molecule has 0 aliphatic rings. The van der Waals surface area contributed by atoms with E-state index in [2.05, 4.69) is 17.2 Å². The molecule has 0 unspecified atom stereocenters. The van der Waals surface area contributed by atoms with Crippen LogP contribution >= 0.6 is 0 Å². The smallest absolute Gasteiger partial charge is 0.0885 e. The Morgan fingerprint density at radius 1 is 1.29 bits per heavy atom. The first-order valence-electron chi connectivity index (χ1n) is 5.07. The van der Waals surface area contributed by atoms with Crippen LogP contribution in [0.25, 0.3) is 27.4 Å². The van der Waals surface area contributed by atoms with Crippen LogP contribution in [0.1, 0.15) is 0 Å². The van der Waals surface area contributed by atoms with E-state index in [4.69, 9.17) is 4.42 Å². The second-order valence-electron chi connectivity index (χ2n) is 3.76. The molecule has 0 N–H and O–H groups in total. The molecule has 0 atom stereocenters. The predicted molar refractivity (Wildman–Crippen MR) is 61.3 cm³/mol. The van der Waals surface area contributed by atoms with Crippen molar-refractivity contribution >= 4 is 27.4 Å². The zero-order chi connectivity index (χ0) is 10.5. The minimum absolute atomic E-state index is 0. The Morgan fingerprint density at radius 2 is 2.24 bits per heavy atom. The number of aromatic nitrogens is 2. The Kier molecular flexibility index (Phi) is 2.28. The molecule has 3 nitrogen and oxygen atoms in total. The van der Waals surface area contributed by atoms with Gasteiger partial charge in [-0.25, -0.2) is 0 Å². The zero-order valence-corrected chi connectivity index (χ0v) is 11.1. The van der Waals surface area contributed by atoms with Crippen molar-refractivity contribution in [1.29, 1.82) is 0 Å². The van der Waals surface area contributed by atoms with Gasteiger partial charge in [-0.15, -0.1) is 12.1 Å². The van der Waals surface area contributed by atoms with Crippen LogP contribution in [-0.4, -0.2) is 9.38 Å². The zero-order valence-electron chi connectivity index (χ0n) is 8.68. The van der Waals surface area contributed by atoms with Gasteiger partial charge in [-0.05, 0) is 17.6 Å². The third kappa shape index (κ3) is 1.35. The molecule has 3 aromatic heterocycles. The van der Waals surface area contributed by atoms with Crippen LogP contribution in [0, 0.1) is 6.07 Å². The fraction of sp³-hybridized carbons (Fsp3) is 0. The van der Waals surface area contributed by atoms with Gasteiger partial charge in [-0.3, -0.25) is 4.98 Å². The van der Waals surface area contributed by atoms with Crippen molar-refractivity contribution in [3.63, 3.8) is 0 Å². The first-order valence-corrected chi connectivity index (χ1v) is 5.07. The van der Waals surface area contributed by atoms with E-state index in [-0.39, 0.29) is 20.1 Å². The summed E-state index contributed by atoms with van der Waals surface area (Å²) in [6.45, 7) is 0. The van der Waals surface area contributed by atoms with Crippen LogP contribution in [0.2, 0.25) is 0 Å². The summed E-state index contributed by atoms with van der Waals surface area (Å²) in [6.07, 6.45) is 7.50. The number of imidazole rings is 1. The topological polar surface area (TPSA) is 30.4 Å². The molecule has 0 saturated heterocycles. The number of rotatable bonds is 0. The number of pyridine rings is 1. The Hall–Kier alpha value is -1.64. The van der Waals surface area contributed by atoms with Crippen molar-refractivity contribution in [2.75, 3.05) is 0 Å². The van der Waals surface area contributed by atoms with Crippen LogP contribution < -0.4 is 0 Å². The molecule has 1 radical (unpaired) electrons. The Morgan fingerprint density at radius 3 is 3.18 bits per heavy atom. The van der Waals surface area contributed by atoms with Crippen LogP contribution in [0.4, 0.5) is 0 Å². The van der Waals surface area contributed by atoms with Crippen molar-refractivity contribution in [2.24, 2.45) is 0 Å². The number of fused-ring (bicyclic) bond motifs is 2. The van der Waals surface area contributed by atoms with Gasteiger partial charge in [0.25, 0.3) is 0 Å². The second kappa shape index (κ2) is 3.69. The number of hydrogen-bond donors (Lipinski definition) is 0. The quantitative estimate of drug-likeness (QED) is 0.426. The molecule has 0 bridgehead atoms. The number of hydrogen-bond acceptors (Lipinski definition) is 2. The first kappa shape index (κ1) is 10.5. The molecule has 0 aliphatic carbocycles. The molecule has 0 spiro atoms. The molecular formula is C13H7IrN2O-. The van der Waals surface area contributed by atoms with Crippen molar-refractivity contribution in [1.82, 2.24) is 9.38 Å². The van der Waals surface area contributed by atoms with Gasteiger partial charge in [-0.2, -0.15) is 0 Å². The van der Waals surface area contributed by atoms with Gasteiger partial charge in [0.05, 0.1) is 17.5 Å². The second-order valence-corrected chi connectivity index (χ2v) is 3.76. The van der Waals surface area contributed by atoms with Gasteiger partial charge in [-0.1, -0.05) is 16.8 Å². The molecule has 4 rings (SSSR count). The van der Waals surface area contributed by atoms with E-state index in [1.165, 1.54) is 0 Å². The van der Waals surface area contributed by atoms with Crippen molar-refractivity contribution in [3.8, 4) is 0 Å². The average Bonchev–Trinajstić information content (AvgIpc) is 2.78. The molecule has 0 saturated carbocycles. The maximum absolute atomic E-state index is 5.48. The molecule has 17 heavy (non-hydrogen) atoms. The standard InChI is InChI=1S/C13H7N2O.Ir/c1-2-10-12-9(4-7-16-11(12)3-1)8-15-6-5-14-13(10)15;/h1,3-8H;/q-1;. The van der Waals surface area contributed by atoms with Gasteiger partial charge in [0, 0.05) is 32.5 Å². The number of benzene rings is 1. The van der Waals surface area contributed by atoms with E-state index in [0.717, 1.165) is 27.4 Å². The monoisotopic (exact) mass is 400 g/mol. The van der Waals surface area contributed by atoms with E-state index in [0.29, 0.717) is 0 Å². The summed E-state index contributed by atoms with van der Waals surface area (Å²) < 4.78 is 7.49. The molecular weight excluding hydrogens is 392 g/mol. The van der Waals surface area contributed by atoms with Crippen LogP contribution in [0.3, 0.4) is 0 Å². The van der Waals surface area contributed by atoms with E-state index < -0.39 is 0 Å². The normalized spacial score (nSPS) is 11.1. The third-order valence-corrected chi connectivity index (χ3v) is 2.86. The summed E-state index contributed by atoms with van der Waals surface area (Å²) in [5, 5.41) is 3.23. The Balaban J connectivity index is 0.000000902. The maximum atomic E-state index is 5.48. The molecule has 85 valence electrons. The number of nitrogens with zero attached hydrogens (tertiary/aromatic N) is 2. The van der Waals surface area contributed by atoms with Crippen LogP contribution in [0.5, 0.6) is 0 Å². The van der Waals surface area contributed by atoms with Crippen LogP contribution in [-0.2, 0) is 20.1 Å². The van der Waals surface area contributed by atoms with Gasteiger partial charge < -0.3 is 8.82 Å². The van der Waals surface area contributed by atoms with Crippen molar-refractivity contribution < 1.29 is 24.5 Å². The summed E-state index contributed by atoms with van der Waals surface area (Å²) in [5.41, 5.74) is 1.79. The predicted octanol–water partition coefficient (Wildman–Crippen LogP) is 3.03. The van der Waals surface area contributed by atoms with Gasteiger partial charge in [0.15, 0.2) is 0 Å². The van der Waals surface area contributed by atoms with E-state index in [1.807, 2.05) is 28.8 Å². The summed E-state index contributed by atoms with van der Waals surface area (Å²) in [7, 11) is 0. The van der Waals surface area contributed by atoms with E-state index in [9.17, 15) is 0 Å².